The van der Waals surface area contributed by atoms with E-state index in [-0.39, 0.29) is 36.4 Å². The van der Waals surface area contributed by atoms with Crippen molar-refractivity contribution in [3.8, 4) is 11.4 Å². The number of hydrogen-bond acceptors (Lipinski definition) is 6. The number of para-hydroxylation sites is 1. The molecule has 41 heavy (non-hydrogen) atoms. The van der Waals surface area contributed by atoms with Crippen molar-refractivity contribution in [1.29, 1.82) is 0 Å². The molecule has 1 amide bonds. The molecule has 3 aromatic carbocycles. The zero-order valence-electron chi connectivity index (χ0n) is 23.9. The average Bonchev–Trinajstić information content (AvgIpc) is 3.37. The molecule has 2 aliphatic rings. The van der Waals surface area contributed by atoms with E-state index in [1.165, 1.54) is 5.56 Å². The van der Waals surface area contributed by atoms with Crippen LogP contribution in [0.15, 0.2) is 72.9 Å². The second kappa shape index (κ2) is 12.1. The molecule has 0 saturated carbocycles. The Kier molecular flexibility index (Phi) is 8.57. The largest absolute Gasteiger partial charge is 1.00 e. The van der Waals surface area contributed by atoms with Crippen LogP contribution in [0.25, 0.3) is 16.6 Å². The predicted octanol–water partition coefficient (Wildman–Crippen LogP) is -0.179. The average molecular weight is 545 g/mol. The maximum Gasteiger partial charge on any atom is 1.00 e. The number of piperazine rings is 1. The van der Waals surface area contributed by atoms with E-state index in [0.29, 0.717) is 34.4 Å². The van der Waals surface area contributed by atoms with Crippen LogP contribution >= 0.6 is 0 Å². The number of carbonyl (C=O) groups excluding carboxylic acids is 2. The van der Waals surface area contributed by atoms with Gasteiger partial charge in [0.1, 0.15) is 5.75 Å². The van der Waals surface area contributed by atoms with E-state index < -0.39 is 5.97 Å². The number of carbonyl (C=O) groups is 2. The summed E-state index contributed by atoms with van der Waals surface area (Å²) >= 11 is 0. The molecule has 0 bridgehead atoms. The van der Waals surface area contributed by atoms with E-state index in [9.17, 15) is 14.7 Å². The maximum absolute atomic E-state index is 14.5. The Labute approximate surface area is 252 Å². The van der Waals surface area contributed by atoms with Gasteiger partial charge in [-0.05, 0) is 42.8 Å². The Morgan fingerprint density at radius 3 is 2.37 bits per heavy atom. The third kappa shape index (κ3) is 5.66. The SMILES string of the molecule is COc1ccc(C(=O)N2Cc3ccccc3C[C@H]2CN2CCN(C)CC2)c(-n2cc(C(=O)[O-])c3ccccc32)c1.[Li+]. The summed E-state index contributed by atoms with van der Waals surface area (Å²) < 4.78 is 7.29. The van der Waals surface area contributed by atoms with Crippen molar-refractivity contribution in [3.05, 3.63) is 95.2 Å². The Balaban J connectivity index is 0.00000337. The molecule has 6 rings (SSSR count). The van der Waals surface area contributed by atoms with Gasteiger partial charge in [0.2, 0.25) is 0 Å². The molecule has 1 aromatic heterocycles. The van der Waals surface area contributed by atoms with Gasteiger partial charge >= 0.3 is 18.9 Å². The molecule has 0 N–H and O–H groups in total. The number of rotatable bonds is 6. The molecule has 0 radical (unpaired) electrons. The number of carboxylic acids is 1. The van der Waals surface area contributed by atoms with Gasteiger partial charge in [-0.15, -0.1) is 0 Å². The Hall–Kier alpha value is -3.54. The van der Waals surface area contributed by atoms with Gasteiger partial charge in [-0.2, -0.15) is 0 Å². The van der Waals surface area contributed by atoms with Crippen LogP contribution in [0, 0.1) is 0 Å². The fourth-order valence-electron chi connectivity index (χ4n) is 6.03. The van der Waals surface area contributed by atoms with Gasteiger partial charge in [0.25, 0.3) is 5.91 Å². The number of aromatic nitrogens is 1. The van der Waals surface area contributed by atoms with Gasteiger partial charge in [0, 0.05) is 68.5 Å². The van der Waals surface area contributed by atoms with Gasteiger partial charge in [-0.3, -0.25) is 9.69 Å². The second-order valence-corrected chi connectivity index (χ2v) is 10.8. The molecular weight excluding hydrogens is 511 g/mol. The van der Waals surface area contributed by atoms with Crippen molar-refractivity contribution in [1.82, 2.24) is 19.3 Å². The number of ether oxygens (including phenoxy) is 1. The molecule has 8 nitrogen and oxygen atoms in total. The second-order valence-electron chi connectivity index (χ2n) is 10.8. The van der Waals surface area contributed by atoms with E-state index in [4.69, 9.17) is 4.74 Å². The number of likely N-dealkylation sites (N-methyl/N-ethyl adjacent to an activating group) is 1. The van der Waals surface area contributed by atoms with Crippen LogP contribution in [-0.4, -0.2) is 84.1 Å². The van der Waals surface area contributed by atoms with Crippen LogP contribution in [0.3, 0.4) is 0 Å². The standard InChI is InChI=1S/C32H34N4O4.Li/c1-33-13-15-34(16-14-33)20-24-17-22-7-3-4-8-23(22)19-35(24)31(37)27-12-11-25(40-2)18-30(27)36-21-28(32(38)39)26-9-5-6-10-29(26)36;/h3-12,18,21,24H,13-17,19-20H2,1-2H3,(H,38,39);/q;+1/p-1/t24-;/m0./s1. The summed E-state index contributed by atoms with van der Waals surface area (Å²) in [4.78, 5) is 33.3. The van der Waals surface area contributed by atoms with Crippen molar-refractivity contribution in [2.45, 2.75) is 19.0 Å². The fraction of sp³-hybridized carbons (Fsp3) is 0.312. The minimum Gasteiger partial charge on any atom is -0.545 e. The fourth-order valence-corrected chi connectivity index (χ4v) is 6.03. The van der Waals surface area contributed by atoms with E-state index in [0.717, 1.165) is 44.7 Å². The van der Waals surface area contributed by atoms with Crippen molar-refractivity contribution >= 4 is 22.8 Å². The topological polar surface area (TPSA) is 81.1 Å². The predicted molar refractivity (Wildman–Crippen MR) is 152 cm³/mol. The number of amides is 1. The van der Waals surface area contributed by atoms with Crippen molar-refractivity contribution in [2.75, 3.05) is 46.9 Å². The quantitative estimate of drug-likeness (QED) is 0.314. The Morgan fingerprint density at radius 1 is 0.927 bits per heavy atom. The summed E-state index contributed by atoms with van der Waals surface area (Å²) in [6.07, 6.45) is 2.33. The molecule has 1 saturated heterocycles. The van der Waals surface area contributed by atoms with Gasteiger partial charge < -0.3 is 29.0 Å². The van der Waals surface area contributed by atoms with E-state index in [1.807, 2.05) is 23.1 Å². The molecule has 1 atom stereocenters. The minimum absolute atomic E-state index is 0. The zero-order chi connectivity index (χ0) is 27.8. The number of hydrogen-bond donors (Lipinski definition) is 0. The first kappa shape index (κ1) is 29.0. The van der Waals surface area contributed by atoms with Crippen LogP contribution in [0.4, 0.5) is 0 Å². The summed E-state index contributed by atoms with van der Waals surface area (Å²) in [5, 5.41) is 12.5. The van der Waals surface area contributed by atoms with E-state index in [1.54, 1.807) is 48.2 Å². The van der Waals surface area contributed by atoms with Crippen LogP contribution in [-0.2, 0) is 13.0 Å². The first-order valence-corrected chi connectivity index (χ1v) is 13.7. The van der Waals surface area contributed by atoms with Crippen LogP contribution in [0.1, 0.15) is 31.8 Å². The van der Waals surface area contributed by atoms with Crippen molar-refractivity contribution < 1.29 is 38.3 Å². The Morgan fingerprint density at radius 2 is 1.63 bits per heavy atom. The third-order valence-electron chi connectivity index (χ3n) is 8.31. The number of nitrogens with zero attached hydrogens (tertiary/aromatic N) is 4. The summed E-state index contributed by atoms with van der Waals surface area (Å²) in [6.45, 7) is 5.32. The summed E-state index contributed by atoms with van der Waals surface area (Å²) in [5.41, 5.74) is 4.28. The molecule has 2 aliphatic heterocycles. The van der Waals surface area contributed by atoms with Gasteiger partial charge in [-0.1, -0.05) is 42.5 Å². The van der Waals surface area contributed by atoms with Crippen molar-refractivity contribution in [2.24, 2.45) is 0 Å². The zero-order valence-corrected chi connectivity index (χ0v) is 23.9. The van der Waals surface area contributed by atoms with Gasteiger partial charge in [0.15, 0.2) is 0 Å². The number of methoxy groups -OCH3 is 1. The van der Waals surface area contributed by atoms with E-state index >= 15 is 0 Å². The third-order valence-corrected chi connectivity index (χ3v) is 8.31. The molecule has 3 heterocycles. The van der Waals surface area contributed by atoms with E-state index in [2.05, 4.69) is 35.0 Å². The molecule has 0 aliphatic carbocycles. The molecule has 0 spiro atoms. The molecular formula is C32H33LiN4O4. The summed E-state index contributed by atoms with van der Waals surface area (Å²) in [7, 11) is 3.72. The van der Waals surface area contributed by atoms with Crippen LogP contribution in [0.5, 0.6) is 5.75 Å². The monoisotopic (exact) mass is 544 g/mol. The first-order chi connectivity index (χ1) is 19.4. The van der Waals surface area contributed by atoms with Gasteiger partial charge in [0.05, 0.1) is 29.8 Å². The number of aromatic carboxylic acids is 1. The molecule has 1 fully saturated rings. The summed E-state index contributed by atoms with van der Waals surface area (Å²) in [6, 6.07) is 21.0. The minimum atomic E-state index is -1.26. The maximum atomic E-state index is 14.5. The van der Waals surface area contributed by atoms with Gasteiger partial charge in [-0.25, -0.2) is 0 Å². The van der Waals surface area contributed by atoms with Crippen molar-refractivity contribution in [3.63, 3.8) is 0 Å². The van der Waals surface area contributed by atoms with Crippen LogP contribution in [0.2, 0.25) is 0 Å². The first-order valence-electron chi connectivity index (χ1n) is 13.7. The van der Waals surface area contributed by atoms with Crippen LogP contribution < -0.4 is 28.7 Å². The smallest absolute Gasteiger partial charge is 0.545 e. The molecule has 4 aromatic rings. The molecule has 206 valence electrons. The Bertz CT molecular complexity index is 1580. The number of benzene rings is 3. The normalized spacial score (nSPS) is 17.6. The number of fused-ring (bicyclic) bond motifs is 2. The molecule has 9 heteroatoms. The summed E-state index contributed by atoms with van der Waals surface area (Å²) in [5.74, 6) is -0.762. The number of carboxylic acid groups (broad SMARTS) is 1. The molecule has 0 unspecified atom stereocenters.